The Morgan fingerprint density at radius 2 is 2.24 bits per heavy atom. The molecule has 2 amide bonds. The first kappa shape index (κ1) is 15.9. The summed E-state index contributed by atoms with van der Waals surface area (Å²) in [6.07, 6.45) is 8.23. The lowest BCUT2D eigenvalue weighted by molar-refractivity contribution is 0.238. The van der Waals surface area contributed by atoms with E-state index in [1.54, 1.807) is 0 Å². The van der Waals surface area contributed by atoms with Gasteiger partial charge >= 0.3 is 6.03 Å². The molecule has 0 heterocycles. The molecule has 0 spiro atoms. The third-order valence-corrected chi connectivity index (χ3v) is 4.05. The van der Waals surface area contributed by atoms with Gasteiger partial charge in [-0.25, -0.2) is 4.79 Å². The van der Waals surface area contributed by atoms with E-state index in [1.165, 1.54) is 31.3 Å². The van der Waals surface area contributed by atoms with Gasteiger partial charge in [-0.3, -0.25) is 0 Å². The molecule has 2 rings (SSSR count). The highest BCUT2D eigenvalue weighted by atomic mass is 35.5. The van der Waals surface area contributed by atoms with E-state index in [4.69, 9.17) is 11.6 Å². The number of benzene rings is 1. The highest BCUT2D eigenvalue weighted by Crippen LogP contribution is 2.19. The number of carbonyl (C=O) groups excluding carboxylic acids is 1. The summed E-state index contributed by atoms with van der Waals surface area (Å²) in [7, 11) is 0. The average Bonchev–Trinajstić information content (AvgIpc) is 2.48. The summed E-state index contributed by atoms with van der Waals surface area (Å²) in [5.74, 6) is 0. The van der Waals surface area contributed by atoms with E-state index in [0.717, 1.165) is 12.0 Å². The van der Waals surface area contributed by atoms with E-state index in [-0.39, 0.29) is 12.1 Å². The molecular weight excluding hydrogens is 284 g/mol. The number of hydrogen-bond donors (Lipinski definition) is 2. The van der Waals surface area contributed by atoms with Crippen molar-refractivity contribution in [3.05, 3.63) is 46.5 Å². The van der Waals surface area contributed by atoms with Crippen LogP contribution in [0.25, 0.3) is 0 Å². The fourth-order valence-corrected chi connectivity index (χ4v) is 2.77. The van der Waals surface area contributed by atoms with Crippen molar-refractivity contribution in [1.82, 2.24) is 10.6 Å². The summed E-state index contributed by atoms with van der Waals surface area (Å²) in [5, 5.41) is 6.54. The van der Waals surface area contributed by atoms with Crippen molar-refractivity contribution in [3.8, 4) is 0 Å². The second-order valence-corrected chi connectivity index (χ2v) is 5.97. The number of rotatable bonds is 5. The van der Waals surface area contributed by atoms with Gasteiger partial charge in [-0.1, -0.05) is 35.4 Å². The summed E-state index contributed by atoms with van der Waals surface area (Å²) < 4.78 is 0. The molecule has 1 aliphatic carbocycles. The lowest BCUT2D eigenvalue weighted by atomic mass is 9.97. The van der Waals surface area contributed by atoms with Gasteiger partial charge in [0.25, 0.3) is 0 Å². The zero-order valence-corrected chi connectivity index (χ0v) is 13.2. The maximum atomic E-state index is 11.9. The van der Waals surface area contributed by atoms with Crippen LogP contribution in [0, 0.1) is 0 Å². The Labute approximate surface area is 131 Å². The van der Waals surface area contributed by atoms with E-state index in [1.807, 2.05) is 31.2 Å². The molecule has 1 unspecified atom stereocenters. The molecule has 3 nitrogen and oxygen atoms in total. The Morgan fingerprint density at radius 3 is 2.95 bits per heavy atom. The highest BCUT2D eigenvalue weighted by molar-refractivity contribution is 6.30. The molecule has 0 aromatic heterocycles. The minimum absolute atomic E-state index is 0.0578. The molecule has 1 atom stereocenters. The van der Waals surface area contributed by atoms with Crippen molar-refractivity contribution in [2.45, 2.75) is 45.1 Å². The topological polar surface area (TPSA) is 41.1 Å². The van der Waals surface area contributed by atoms with Gasteiger partial charge in [-0.2, -0.15) is 0 Å². The number of allylic oxidation sites excluding steroid dienone is 1. The smallest absolute Gasteiger partial charge is 0.315 e. The largest absolute Gasteiger partial charge is 0.338 e. The van der Waals surface area contributed by atoms with Crippen LogP contribution in [-0.4, -0.2) is 12.6 Å². The van der Waals surface area contributed by atoms with Gasteiger partial charge in [-0.15, -0.1) is 0 Å². The van der Waals surface area contributed by atoms with Crippen LogP contribution < -0.4 is 10.6 Å². The normalized spacial score (nSPS) is 16.0. The zero-order chi connectivity index (χ0) is 15.1. The van der Waals surface area contributed by atoms with Gasteiger partial charge in [0.05, 0.1) is 6.04 Å². The van der Waals surface area contributed by atoms with Gasteiger partial charge in [-0.05, 0) is 56.7 Å². The molecule has 1 aliphatic rings. The van der Waals surface area contributed by atoms with Crippen LogP contribution in [0.5, 0.6) is 0 Å². The molecule has 0 fully saturated rings. The minimum atomic E-state index is -0.126. The lowest BCUT2D eigenvalue weighted by Gasteiger charge is -2.16. The standard InChI is InChI=1S/C17H23ClN2O/c1-13(15-8-5-9-16(18)12-15)20-17(21)19-11-10-14-6-3-2-4-7-14/h5-6,8-9,12-13H,2-4,7,10-11H2,1H3,(H2,19,20,21). The van der Waals surface area contributed by atoms with Crippen molar-refractivity contribution >= 4 is 17.6 Å². The minimum Gasteiger partial charge on any atom is -0.338 e. The van der Waals surface area contributed by atoms with Crippen molar-refractivity contribution in [2.75, 3.05) is 6.54 Å². The van der Waals surface area contributed by atoms with E-state index in [9.17, 15) is 4.79 Å². The number of nitrogens with one attached hydrogen (secondary N) is 2. The molecule has 0 bridgehead atoms. The first-order valence-electron chi connectivity index (χ1n) is 7.63. The SMILES string of the molecule is CC(NC(=O)NCCC1=CCCCC1)c1cccc(Cl)c1. The fraction of sp³-hybridized carbons (Fsp3) is 0.471. The van der Waals surface area contributed by atoms with Crippen molar-refractivity contribution in [2.24, 2.45) is 0 Å². The van der Waals surface area contributed by atoms with E-state index < -0.39 is 0 Å². The van der Waals surface area contributed by atoms with Gasteiger partial charge in [0, 0.05) is 11.6 Å². The van der Waals surface area contributed by atoms with Gasteiger partial charge in [0.15, 0.2) is 0 Å². The highest BCUT2D eigenvalue weighted by Gasteiger charge is 2.10. The van der Waals surface area contributed by atoms with Crippen LogP contribution in [0.1, 0.15) is 50.6 Å². The number of hydrogen-bond acceptors (Lipinski definition) is 1. The van der Waals surface area contributed by atoms with Crippen LogP contribution >= 0.6 is 11.6 Å². The van der Waals surface area contributed by atoms with Gasteiger partial charge < -0.3 is 10.6 Å². The predicted octanol–water partition coefficient (Wildman–Crippen LogP) is 4.59. The summed E-state index contributed by atoms with van der Waals surface area (Å²) in [6, 6.07) is 7.37. The zero-order valence-electron chi connectivity index (χ0n) is 12.5. The monoisotopic (exact) mass is 306 g/mol. The Balaban J connectivity index is 1.72. The van der Waals surface area contributed by atoms with Crippen LogP contribution in [0.3, 0.4) is 0 Å². The molecule has 0 saturated heterocycles. The second kappa shape index (κ2) is 8.08. The van der Waals surface area contributed by atoms with Crippen LogP contribution in [0.2, 0.25) is 5.02 Å². The fourth-order valence-electron chi connectivity index (χ4n) is 2.58. The molecule has 0 aliphatic heterocycles. The first-order valence-corrected chi connectivity index (χ1v) is 8.00. The van der Waals surface area contributed by atoms with E-state index in [2.05, 4.69) is 16.7 Å². The molecule has 1 aromatic carbocycles. The lowest BCUT2D eigenvalue weighted by Crippen LogP contribution is -2.37. The molecule has 0 radical (unpaired) electrons. The van der Waals surface area contributed by atoms with E-state index >= 15 is 0 Å². The summed E-state index contributed by atoms with van der Waals surface area (Å²) in [4.78, 5) is 11.9. The summed E-state index contributed by atoms with van der Waals surface area (Å²) >= 11 is 5.96. The van der Waals surface area contributed by atoms with Gasteiger partial charge in [0.2, 0.25) is 0 Å². The molecule has 0 saturated carbocycles. The number of halogens is 1. The van der Waals surface area contributed by atoms with Crippen molar-refractivity contribution in [1.29, 1.82) is 0 Å². The Kier molecular flexibility index (Phi) is 6.12. The number of urea groups is 1. The molecule has 2 N–H and O–H groups in total. The Morgan fingerprint density at radius 1 is 1.38 bits per heavy atom. The van der Waals surface area contributed by atoms with Crippen molar-refractivity contribution in [3.63, 3.8) is 0 Å². The molecule has 1 aromatic rings. The second-order valence-electron chi connectivity index (χ2n) is 5.54. The third-order valence-electron chi connectivity index (χ3n) is 3.81. The predicted molar refractivity (Wildman–Crippen MR) is 87.6 cm³/mol. The first-order chi connectivity index (χ1) is 10.1. The Hall–Kier alpha value is -1.48. The molecule has 4 heteroatoms. The van der Waals surface area contributed by atoms with Crippen molar-refractivity contribution < 1.29 is 4.79 Å². The van der Waals surface area contributed by atoms with Crippen LogP contribution in [-0.2, 0) is 0 Å². The maximum absolute atomic E-state index is 11.9. The summed E-state index contributed by atoms with van der Waals surface area (Å²) in [5.41, 5.74) is 2.48. The summed E-state index contributed by atoms with van der Waals surface area (Å²) in [6.45, 7) is 2.65. The molecule has 114 valence electrons. The molecule has 21 heavy (non-hydrogen) atoms. The molecular formula is C17H23ClN2O. The average molecular weight is 307 g/mol. The maximum Gasteiger partial charge on any atom is 0.315 e. The van der Waals surface area contributed by atoms with Crippen LogP contribution in [0.4, 0.5) is 4.79 Å². The Bertz CT molecular complexity index is 513. The number of carbonyl (C=O) groups is 1. The number of amides is 2. The third kappa shape index (κ3) is 5.43. The quantitative estimate of drug-likeness (QED) is 0.767. The van der Waals surface area contributed by atoms with Crippen LogP contribution in [0.15, 0.2) is 35.9 Å². The van der Waals surface area contributed by atoms with E-state index in [0.29, 0.717) is 11.6 Å². The van der Waals surface area contributed by atoms with Gasteiger partial charge in [0.1, 0.15) is 0 Å².